The van der Waals surface area contributed by atoms with Crippen LogP contribution in [0.3, 0.4) is 0 Å². The Morgan fingerprint density at radius 3 is 2.50 bits per heavy atom. The Labute approximate surface area is 235 Å². The molecule has 0 aromatic heterocycles. The van der Waals surface area contributed by atoms with Crippen molar-refractivity contribution in [3.05, 3.63) is 11.6 Å². The number of carbonyl (C=O) groups excluding carboxylic acids is 3. The van der Waals surface area contributed by atoms with Crippen LogP contribution in [0.5, 0.6) is 0 Å². The van der Waals surface area contributed by atoms with Gasteiger partial charge in [-0.1, -0.05) is 13.8 Å². The molecular weight excluding hydrogens is 516 g/mol. The largest absolute Gasteiger partial charge is 0.462 e. The van der Waals surface area contributed by atoms with Gasteiger partial charge in [0, 0.05) is 30.3 Å². The molecule has 0 aromatic rings. The summed E-state index contributed by atoms with van der Waals surface area (Å²) in [5, 5.41) is 12.7. The monoisotopic (exact) mass is 558 g/mol. The van der Waals surface area contributed by atoms with Gasteiger partial charge in [-0.05, 0) is 76.7 Å². The SMILES string of the molecule is CC(=O)O[C@H]1C[C@@H]2[C@H](C)[C@@H]([C@@H]3C=C(C)C(=O)O3)O[C@@]23CC[C@]2(O)C[C@]45OC(=O)C[C@H]4OC(C)(C)[C@@H]5CC[C@H]2[C@@]13C. The predicted octanol–water partition coefficient (Wildman–Crippen LogP) is 3.39. The van der Waals surface area contributed by atoms with E-state index >= 15 is 0 Å². The zero-order chi connectivity index (χ0) is 28.6. The predicted molar refractivity (Wildman–Crippen MR) is 140 cm³/mol. The summed E-state index contributed by atoms with van der Waals surface area (Å²) < 4.78 is 31.5. The summed E-state index contributed by atoms with van der Waals surface area (Å²) >= 11 is 0. The summed E-state index contributed by atoms with van der Waals surface area (Å²) in [7, 11) is 0. The molecule has 4 heterocycles. The molecule has 2 spiro atoms. The van der Waals surface area contributed by atoms with E-state index in [1.807, 2.05) is 6.08 Å². The number of rotatable bonds is 2. The first-order valence-electron chi connectivity index (χ1n) is 15.0. The molecule has 1 N–H and O–H groups in total. The Hall–Kier alpha value is -1.97. The van der Waals surface area contributed by atoms with Gasteiger partial charge in [-0.15, -0.1) is 0 Å². The number of fused-ring (bicyclic) bond motifs is 2. The summed E-state index contributed by atoms with van der Waals surface area (Å²) in [6.45, 7) is 11.6. The lowest BCUT2D eigenvalue weighted by Crippen LogP contribution is -2.66. The first kappa shape index (κ1) is 26.9. The van der Waals surface area contributed by atoms with Crippen molar-refractivity contribution in [3.63, 3.8) is 0 Å². The molecule has 9 nitrogen and oxygen atoms in total. The van der Waals surface area contributed by atoms with E-state index in [1.54, 1.807) is 6.92 Å². The van der Waals surface area contributed by atoms with Crippen LogP contribution in [0.1, 0.15) is 86.5 Å². The van der Waals surface area contributed by atoms with Crippen molar-refractivity contribution in [2.75, 3.05) is 0 Å². The van der Waals surface area contributed by atoms with Gasteiger partial charge in [-0.25, -0.2) is 4.79 Å². The van der Waals surface area contributed by atoms with Gasteiger partial charge in [0.15, 0.2) is 0 Å². The molecule has 40 heavy (non-hydrogen) atoms. The van der Waals surface area contributed by atoms with Gasteiger partial charge in [0.05, 0.1) is 23.2 Å². The van der Waals surface area contributed by atoms with Gasteiger partial charge in [-0.3, -0.25) is 9.59 Å². The molecule has 3 saturated carbocycles. The van der Waals surface area contributed by atoms with Crippen LogP contribution in [0, 0.1) is 29.1 Å². The van der Waals surface area contributed by atoms with E-state index in [-0.39, 0.29) is 60.2 Å². The molecule has 7 rings (SSSR count). The lowest BCUT2D eigenvalue weighted by atomic mass is 9.51. The summed E-state index contributed by atoms with van der Waals surface area (Å²) in [6, 6.07) is 0. The normalized spacial score (nSPS) is 53.8. The maximum atomic E-state index is 12.7. The van der Waals surface area contributed by atoms with Gasteiger partial charge in [0.25, 0.3) is 0 Å². The fourth-order valence-electron chi connectivity index (χ4n) is 11.0. The molecule has 3 aliphatic carbocycles. The number of cyclic esters (lactones) is 1. The van der Waals surface area contributed by atoms with Crippen molar-refractivity contribution in [3.8, 4) is 0 Å². The molecule has 0 aromatic carbocycles. The fourth-order valence-corrected chi connectivity index (χ4v) is 11.0. The van der Waals surface area contributed by atoms with Gasteiger partial charge in [-0.2, -0.15) is 0 Å². The first-order valence-corrected chi connectivity index (χ1v) is 15.0. The number of ether oxygens (including phenoxy) is 5. The van der Waals surface area contributed by atoms with Crippen LogP contribution >= 0.6 is 0 Å². The van der Waals surface area contributed by atoms with Crippen LogP contribution < -0.4 is 0 Å². The van der Waals surface area contributed by atoms with Gasteiger partial charge >= 0.3 is 17.9 Å². The molecule has 0 bridgehead atoms. The van der Waals surface area contributed by atoms with E-state index < -0.39 is 40.0 Å². The quantitative estimate of drug-likeness (QED) is 0.402. The van der Waals surface area contributed by atoms with Crippen molar-refractivity contribution in [2.24, 2.45) is 29.1 Å². The maximum absolute atomic E-state index is 12.7. The third-order valence-electron chi connectivity index (χ3n) is 12.5. The number of carbonyl (C=O) groups is 3. The highest BCUT2D eigenvalue weighted by Gasteiger charge is 2.79. The molecule has 0 amide bonds. The number of hydrogen-bond acceptors (Lipinski definition) is 9. The van der Waals surface area contributed by atoms with Crippen LogP contribution in [0.25, 0.3) is 0 Å². The van der Waals surface area contributed by atoms with Crippen LogP contribution in [0.15, 0.2) is 11.6 Å². The smallest absolute Gasteiger partial charge is 0.334 e. The minimum Gasteiger partial charge on any atom is -0.462 e. The van der Waals surface area contributed by atoms with E-state index in [4.69, 9.17) is 23.7 Å². The summed E-state index contributed by atoms with van der Waals surface area (Å²) in [6.07, 6.45) is 3.86. The standard InChI is InChI=1S/C31H42O9/c1-15-11-19(37-26(15)34)25-16(2)18-12-22(36-17(3)32)28(6)21-8-7-20-27(4,5)38-23-13-24(33)39-30(20,23)14-29(21,35)9-10-31(18,28)40-25/h11,16,18-23,25,35H,7-10,12-14H2,1-6H3/t16-,18+,19-,20-,21-,22-,23+,25-,28-,29-,30+,31-/m0/s1. The number of aliphatic hydroxyl groups is 1. The average molecular weight is 559 g/mol. The van der Waals surface area contributed by atoms with Crippen LogP contribution in [-0.4, -0.2) is 69.8 Å². The zero-order valence-corrected chi connectivity index (χ0v) is 24.4. The van der Waals surface area contributed by atoms with Crippen LogP contribution in [0.4, 0.5) is 0 Å². The van der Waals surface area contributed by atoms with Crippen molar-refractivity contribution in [1.29, 1.82) is 0 Å². The molecule has 3 saturated heterocycles. The van der Waals surface area contributed by atoms with Gasteiger partial charge in [0.1, 0.15) is 30.0 Å². The van der Waals surface area contributed by atoms with E-state index in [0.717, 1.165) is 0 Å². The van der Waals surface area contributed by atoms with Crippen molar-refractivity contribution in [2.45, 2.75) is 133 Å². The molecule has 6 fully saturated rings. The van der Waals surface area contributed by atoms with E-state index in [0.29, 0.717) is 44.1 Å². The topological polar surface area (TPSA) is 118 Å². The Bertz CT molecular complexity index is 1210. The molecule has 7 aliphatic rings. The molecule has 4 aliphatic heterocycles. The minimum atomic E-state index is -1.16. The third-order valence-corrected chi connectivity index (χ3v) is 12.5. The van der Waals surface area contributed by atoms with E-state index in [9.17, 15) is 19.5 Å². The summed E-state index contributed by atoms with van der Waals surface area (Å²) in [5.41, 5.74) is -3.28. The third kappa shape index (κ3) is 3.17. The zero-order valence-electron chi connectivity index (χ0n) is 24.4. The second-order valence-electron chi connectivity index (χ2n) is 14.6. The van der Waals surface area contributed by atoms with Crippen molar-refractivity contribution in [1.82, 2.24) is 0 Å². The Balaban J connectivity index is 1.31. The highest BCUT2D eigenvalue weighted by molar-refractivity contribution is 5.90. The van der Waals surface area contributed by atoms with Crippen molar-refractivity contribution >= 4 is 17.9 Å². The lowest BCUT2D eigenvalue weighted by molar-refractivity contribution is -0.255. The highest BCUT2D eigenvalue weighted by atomic mass is 16.6. The molecule has 12 atom stereocenters. The Morgan fingerprint density at radius 1 is 1.10 bits per heavy atom. The summed E-state index contributed by atoms with van der Waals surface area (Å²) in [5.74, 6) is -1.11. The first-order chi connectivity index (χ1) is 18.7. The minimum absolute atomic E-state index is 0.0577. The Morgan fingerprint density at radius 2 is 1.82 bits per heavy atom. The molecule has 0 unspecified atom stereocenters. The molecule has 0 radical (unpaired) electrons. The van der Waals surface area contributed by atoms with Crippen LogP contribution in [0.2, 0.25) is 0 Å². The second-order valence-corrected chi connectivity index (χ2v) is 14.6. The second kappa shape index (κ2) is 8.10. The molecule has 220 valence electrons. The van der Waals surface area contributed by atoms with E-state index in [2.05, 4.69) is 27.7 Å². The number of esters is 3. The average Bonchev–Trinajstić information content (AvgIpc) is 3.51. The lowest BCUT2D eigenvalue weighted by Gasteiger charge is -2.59. The Kier molecular flexibility index (Phi) is 5.45. The highest BCUT2D eigenvalue weighted by Crippen LogP contribution is 2.73. The maximum Gasteiger partial charge on any atom is 0.334 e. The molecule has 9 heteroatoms. The van der Waals surface area contributed by atoms with Gasteiger partial charge < -0.3 is 28.8 Å². The molecular formula is C31H42O9. The van der Waals surface area contributed by atoms with Crippen molar-refractivity contribution < 1.29 is 43.2 Å². The fraction of sp³-hybridized carbons (Fsp3) is 0.839. The summed E-state index contributed by atoms with van der Waals surface area (Å²) in [4.78, 5) is 37.3. The number of hydrogen-bond donors (Lipinski definition) is 1. The van der Waals surface area contributed by atoms with Crippen LogP contribution in [-0.2, 0) is 38.1 Å². The van der Waals surface area contributed by atoms with Gasteiger partial charge in [0.2, 0.25) is 0 Å². The van der Waals surface area contributed by atoms with E-state index in [1.165, 1.54) is 6.92 Å².